The molecule has 0 radical (unpaired) electrons. The number of aromatic nitrogens is 3. The van der Waals surface area contributed by atoms with E-state index >= 15 is 0 Å². The van der Waals surface area contributed by atoms with Crippen LogP contribution in [0.15, 0.2) is 0 Å². The van der Waals surface area contributed by atoms with Gasteiger partial charge < -0.3 is 15.4 Å². The molecule has 1 rings (SSSR count). The first-order chi connectivity index (χ1) is 8.10. The van der Waals surface area contributed by atoms with Gasteiger partial charge >= 0.3 is 6.01 Å². The molecule has 0 aliphatic heterocycles. The Kier molecular flexibility index (Phi) is 4.93. The quantitative estimate of drug-likeness (QED) is 0.788. The van der Waals surface area contributed by atoms with E-state index in [0.29, 0.717) is 29.9 Å². The second-order valence-corrected chi connectivity index (χ2v) is 4.04. The summed E-state index contributed by atoms with van der Waals surface area (Å²) in [5.41, 5.74) is 0. The van der Waals surface area contributed by atoms with Gasteiger partial charge in [0, 0.05) is 13.1 Å². The fourth-order valence-electron chi connectivity index (χ4n) is 1.32. The van der Waals surface area contributed by atoms with E-state index in [-0.39, 0.29) is 0 Å². The monoisotopic (exact) mass is 239 g/mol. The van der Waals surface area contributed by atoms with Crippen molar-refractivity contribution in [2.45, 2.75) is 33.2 Å². The first kappa shape index (κ1) is 13.5. The van der Waals surface area contributed by atoms with E-state index in [1.165, 1.54) is 7.11 Å². The number of hydrogen-bond donors (Lipinski definition) is 2. The summed E-state index contributed by atoms with van der Waals surface area (Å²) in [7, 11) is 3.30. The highest BCUT2D eigenvalue weighted by atomic mass is 16.5. The number of rotatable bonds is 6. The zero-order valence-electron chi connectivity index (χ0n) is 11.1. The molecule has 0 aromatic carbocycles. The zero-order chi connectivity index (χ0) is 12.8. The van der Waals surface area contributed by atoms with Crippen LogP contribution >= 0.6 is 0 Å². The molecule has 1 aromatic rings. The summed E-state index contributed by atoms with van der Waals surface area (Å²) < 4.78 is 5.02. The minimum atomic E-state index is 0.303. The fourth-order valence-corrected chi connectivity index (χ4v) is 1.32. The minimum Gasteiger partial charge on any atom is -0.467 e. The molecule has 2 atom stereocenters. The van der Waals surface area contributed by atoms with Gasteiger partial charge in [-0.3, -0.25) is 0 Å². The second kappa shape index (κ2) is 6.22. The molecule has 0 amide bonds. The molecule has 0 fully saturated rings. The molecular formula is C11H21N5O. The number of nitrogens with one attached hydrogen (secondary N) is 2. The number of nitrogens with zero attached hydrogens (tertiary/aromatic N) is 3. The molecule has 2 N–H and O–H groups in total. The summed E-state index contributed by atoms with van der Waals surface area (Å²) in [6, 6.07) is 0.611. The van der Waals surface area contributed by atoms with E-state index in [1.807, 2.05) is 0 Å². The maximum atomic E-state index is 5.02. The molecule has 6 nitrogen and oxygen atoms in total. The molecule has 96 valence electrons. The molecule has 0 bridgehead atoms. The van der Waals surface area contributed by atoms with Crippen LogP contribution in [0.4, 0.5) is 11.9 Å². The lowest BCUT2D eigenvalue weighted by atomic mass is 10.0. The highest BCUT2D eigenvalue weighted by molar-refractivity contribution is 5.36. The first-order valence-corrected chi connectivity index (χ1v) is 5.85. The van der Waals surface area contributed by atoms with Crippen molar-refractivity contribution in [1.29, 1.82) is 0 Å². The smallest absolute Gasteiger partial charge is 0.322 e. The van der Waals surface area contributed by atoms with Crippen molar-refractivity contribution in [2.24, 2.45) is 5.92 Å². The third-order valence-electron chi connectivity index (χ3n) is 2.88. The first-order valence-electron chi connectivity index (χ1n) is 5.85. The van der Waals surface area contributed by atoms with Crippen LogP contribution in [-0.4, -0.2) is 35.2 Å². The highest BCUT2D eigenvalue weighted by Gasteiger charge is 2.13. The van der Waals surface area contributed by atoms with Gasteiger partial charge in [0.15, 0.2) is 0 Å². The van der Waals surface area contributed by atoms with Crippen LogP contribution in [0.2, 0.25) is 0 Å². The second-order valence-electron chi connectivity index (χ2n) is 4.04. The molecule has 2 unspecified atom stereocenters. The number of hydrogen-bond acceptors (Lipinski definition) is 6. The van der Waals surface area contributed by atoms with E-state index in [0.717, 1.165) is 6.42 Å². The van der Waals surface area contributed by atoms with Crippen LogP contribution in [0.5, 0.6) is 6.01 Å². The van der Waals surface area contributed by atoms with E-state index in [1.54, 1.807) is 7.05 Å². The predicted octanol–water partition coefficient (Wildman–Crippen LogP) is 1.77. The molecule has 1 aromatic heterocycles. The van der Waals surface area contributed by atoms with Gasteiger partial charge in [-0.05, 0) is 12.8 Å². The van der Waals surface area contributed by atoms with Crippen LogP contribution in [0.1, 0.15) is 27.2 Å². The Bertz CT molecular complexity index is 335. The van der Waals surface area contributed by atoms with E-state index in [2.05, 4.69) is 46.4 Å². The molecule has 17 heavy (non-hydrogen) atoms. The van der Waals surface area contributed by atoms with Crippen molar-refractivity contribution in [2.75, 3.05) is 24.8 Å². The van der Waals surface area contributed by atoms with Gasteiger partial charge in [-0.15, -0.1) is 0 Å². The minimum absolute atomic E-state index is 0.303. The summed E-state index contributed by atoms with van der Waals surface area (Å²) in [6.45, 7) is 6.47. The predicted molar refractivity (Wildman–Crippen MR) is 68.5 cm³/mol. The van der Waals surface area contributed by atoms with Gasteiger partial charge in [-0.2, -0.15) is 15.0 Å². The molecule has 6 heteroatoms. The number of methoxy groups -OCH3 is 1. The number of ether oxygens (including phenoxy) is 1. The van der Waals surface area contributed by atoms with E-state index < -0.39 is 0 Å². The van der Waals surface area contributed by atoms with Crippen LogP contribution in [0.3, 0.4) is 0 Å². The van der Waals surface area contributed by atoms with Crippen molar-refractivity contribution >= 4 is 11.9 Å². The van der Waals surface area contributed by atoms with Gasteiger partial charge in [0.2, 0.25) is 11.9 Å². The molecule has 0 saturated carbocycles. The Morgan fingerprint density at radius 1 is 1.18 bits per heavy atom. The average molecular weight is 239 g/mol. The lowest BCUT2D eigenvalue weighted by Gasteiger charge is -2.19. The van der Waals surface area contributed by atoms with Crippen LogP contribution < -0.4 is 15.4 Å². The van der Waals surface area contributed by atoms with Gasteiger partial charge in [0.1, 0.15) is 0 Å². The summed E-state index contributed by atoms with van der Waals surface area (Å²) in [6.07, 6.45) is 1.11. The molecule has 0 spiro atoms. The topological polar surface area (TPSA) is 72.0 Å². The maximum Gasteiger partial charge on any atom is 0.322 e. The van der Waals surface area contributed by atoms with Gasteiger partial charge in [-0.1, -0.05) is 20.3 Å². The van der Waals surface area contributed by atoms with Crippen LogP contribution in [0.25, 0.3) is 0 Å². The standard InChI is InChI=1S/C11H21N5O/c1-6-7(2)8(3)13-10-14-9(12-4)15-11(16-10)17-5/h7-8H,6H2,1-5H3,(H2,12,13,14,15,16). The molecular weight excluding hydrogens is 218 g/mol. The lowest BCUT2D eigenvalue weighted by Crippen LogP contribution is -2.24. The number of anilines is 2. The average Bonchev–Trinajstić information content (AvgIpc) is 2.36. The summed E-state index contributed by atoms with van der Waals surface area (Å²) in [5, 5.41) is 6.14. The van der Waals surface area contributed by atoms with Gasteiger partial charge in [0.25, 0.3) is 0 Å². The Morgan fingerprint density at radius 3 is 2.35 bits per heavy atom. The maximum absolute atomic E-state index is 5.02. The Morgan fingerprint density at radius 2 is 1.82 bits per heavy atom. The molecule has 0 aliphatic rings. The Labute approximate surface area is 102 Å². The van der Waals surface area contributed by atoms with Crippen molar-refractivity contribution in [3.63, 3.8) is 0 Å². The van der Waals surface area contributed by atoms with E-state index in [9.17, 15) is 0 Å². The zero-order valence-corrected chi connectivity index (χ0v) is 11.1. The van der Waals surface area contributed by atoms with Crippen molar-refractivity contribution in [3.05, 3.63) is 0 Å². The van der Waals surface area contributed by atoms with Gasteiger partial charge in [-0.25, -0.2) is 0 Å². The third-order valence-corrected chi connectivity index (χ3v) is 2.88. The molecule has 0 saturated heterocycles. The lowest BCUT2D eigenvalue weighted by molar-refractivity contribution is 0.379. The van der Waals surface area contributed by atoms with Gasteiger partial charge in [0.05, 0.1) is 7.11 Å². The summed E-state index contributed by atoms with van der Waals surface area (Å²) in [4.78, 5) is 12.4. The largest absolute Gasteiger partial charge is 0.467 e. The molecule has 1 heterocycles. The Balaban J connectivity index is 2.82. The van der Waals surface area contributed by atoms with Crippen molar-refractivity contribution in [3.8, 4) is 6.01 Å². The fraction of sp³-hybridized carbons (Fsp3) is 0.727. The van der Waals surface area contributed by atoms with E-state index in [4.69, 9.17) is 4.74 Å². The SMILES string of the molecule is CCC(C)C(C)Nc1nc(NC)nc(OC)n1. The van der Waals surface area contributed by atoms with Crippen LogP contribution in [0, 0.1) is 5.92 Å². The summed E-state index contributed by atoms with van der Waals surface area (Å²) in [5.74, 6) is 1.58. The normalized spacial score (nSPS) is 13.9. The molecule has 0 aliphatic carbocycles. The third kappa shape index (κ3) is 3.72. The van der Waals surface area contributed by atoms with Crippen LogP contribution in [-0.2, 0) is 0 Å². The highest BCUT2D eigenvalue weighted by Crippen LogP contribution is 2.15. The Hall–Kier alpha value is -1.59. The van der Waals surface area contributed by atoms with Crippen molar-refractivity contribution < 1.29 is 4.74 Å². The summed E-state index contributed by atoms with van der Waals surface area (Å²) >= 11 is 0. The van der Waals surface area contributed by atoms with Crippen molar-refractivity contribution in [1.82, 2.24) is 15.0 Å².